The molecule has 1 aliphatic heterocycles. The number of aromatic nitrogens is 2. The number of hydrogen-bond donors (Lipinski definition) is 1. The molecule has 2 heterocycles. The van der Waals surface area contributed by atoms with Crippen LogP contribution in [-0.4, -0.2) is 48.6 Å². The summed E-state index contributed by atoms with van der Waals surface area (Å²) in [6.45, 7) is 8.90. The largest absolute Gasteiger partial charge is 0.416 e. The van der Waals surface area contributed by atoms with Crippen LogP contribution in [0.15, 0.2) is 53.7 Å². The van der Waals surface area contributed by atoms with Crippen LogP contribution in [0.1, 0.15) is 39.7 Å². The van der Waals surface area contributed by atoms with Gasteiger partial charge in [-0.15, -0.1) is 0 Å². The number of thioether (sulfide) groups is 1. The summed E-state index contributed by atoms with van der Waals surface area (Å²) in [5, 5.41) is 3.47. The second kappa shape index (κ2) is 11.4. The molecule has 1 N–H and O–H groups in total. The second-order valence-corrected chi connectivity index (χ2v) is 9.85. The molecule has 1 aliphatic rings. The summed E-state index contributed by atoms with van der Waals surface area (Å²) in [5.74, 6) is 1.39. The van der Waals surface area contributed by atoms with Crippen molar-refractivity contribution in [3.05, 3.63) is 76.5 Å². The normalized spacial score (nSPS) is 14.1. The lowest BCUT2D eigenvalue weighted by molar-refractivity contribution is -0.137. The lowest BCUT2D eigenvalue weighted by Gasteiger charge is -2.37. The number of piperazine rings is 1. The Morgan fingerprint density at radius 2 is 1.70 bits per heavy atom. The number of carbonyl (C=O) groups excluding carboxylic acids is 1. The molecule has 0 unspecified atom stereocenters. The van der Waals surface area contributed by atoms with Gasteiger partial charge in [0, 0.05) is 61.0 Å². The maximum absolute atomic E-state index is 13.1. The Labute approximate surface area is 219 Å². The minimum absolute atomic E-state index is 0.0941. The summed E-state index contributed by atoms with van der Waals surface area (Å²) in [4.78, 5) is 25.8. The molecule has 1 fully saturated rings. The summed E-state index contributed by atoms with van der Waals surface area (Å²) in [7, 11) is 0. The van der Waals surface area contributed by atoms with E-state index in [1.54, 1.807) is 12.1 Å². The first-order chi connectivity index (χ1) is 17.7. The molecule has 1 saturated heterocycles. The Bertz CT molecular complexity index is 1260. The molecule has 6 nitrogen and oxygen atoms in total. The highest BCUT2D eigenvalue weighted by Crippen LogP contribution is 2.32. The molecule has 3 aromatic rings. The molecular weight excluding hydrogens is 499 g/mol. The number of nitrogens with one attached hydrogen (secondary N) is 1. The predicted molar refractivity (Wildman–Crippen MR) is 141 cm³/mol. The molecular formula is C27H30F3N5OS. The second-order valence-electron chi connectivity index (χ2n) is 8.91. The fraction of sp³-hybridized carbons (Fsp3) is 0.370. The molecule has 37 heavy (non-hydrogen) atoms. The van der Waals surface area contributed by atoms with E-state index in [0.29, 0.717) is 54.9 Å². The van der Waals surface area contributed by atoms with Gasteiger partial charge in [0.25, 0.3) is 5.91 Å². The zero-order chi connectivity index (χ0) is 26.6. The minimum atomic E-state index is -4.36. The van der Waals surface area contributed by atoms with E-state index >= 15 is 0 Å². The smallest absolute Gasteiger partial charge is 0.368 e. The van der Waals surface area contributed by atoms with Crippen molar-refractivity contribution in [3.63, 3.8) is 0 Å². The highest BCUT2D eigenvalue weighted by Gasteiger charge is 2.31. The van der Waals surface area contributed by atoms with E-state index in [2.05, 4.69) is 15.2 Å². The number of alkyl halides is 3. The molecule has 0 atom stereocenters. The van der Waals surface area contributed by atoms with Crippen LogP contribution in [0.25, 0.3) is 0 Å². The topological polar surface area (TPSA) is 61.4 Å². The van der Waals surface area contributed by atoms with Gasteiger partial charge < -0.3 is 15.1 Å². The highest BCUT2D eigenvalue weighted by atomic mass is 32.2. The van der Waals surface area contributed by atoms with Crippen molar-refractivity contribution in [2.24, 2.45) is 0 Å². The molecule has 196 valence electrons. The number of hydrogen-bond acceptors (Lipinski definition) is 6. The summed E-state index contributed by atoms with van der Waals surface area (Å²) in [6, 6.07) is 13.0. The Kier molecular flexibility index (Phi) is 8.26. The molecule has 10 heteroatoms. The number of amides is 1. The van der Waals surface area contributed by atoms with Gasteiger partial charge in [0.05, 0.1) is 5.56 Å². The van der Waals surface area contributed by atoms with Crippen LogP contribution < -0.4 is 15.1 Å². The predicted octanol–water partition coefficient (Wildman–Crippen LogP) is 5.48. The SMILES string of the molecule is CCNC(=O)c1cccc(CSc2nc(C)c(C)c(N3CCN(c4cccc(C(F)(F)F)c4)CC3)n2)c1. The number of halogens is 3. The van der Waals surface area contributed by atoms with Crippen molar-refractivity contribution in [2.45, 2.75) is 37.9 Å². The van der Waals surface area contributed by atoms with E-state index in [9.17, 15) is 18.0 Å². The van der Waals surface area contributed by atoms with Crippen molar-refractivity contribution in [2.75, 3.05) is 42.5 Å². The van der Waals surface area contributed by atoms with Crippen LogP contribution in [0, 0.1) is 13.8 Å². The van der Waals surface area contributed by atoms with Crippen LogP contribution in [0.4, 0.5) is 24.7 Å². The lowest BCUT2D eigenvalue weighted by atomic mass is 10.1. The maximum Gasteiger partial charge on any atom is 0.416 e. The van der Waals surface area contributed by atoms with Crippen LogP contribution in [0.3, 0.4) is 0 Å². The van der Waals surface area contributed by atoms with Crippen molar-refractivity contribution < 1.29 is 18.0 Å². The number of carbonyl (C=O) groups is 1. The fourth-order valence-corrected chi connectivity index (χ4v) is 5.06. The number of aryl methyl sites for hydroxylation is 1. The van der Waals surface area contributed by atoms with Crippen LogP contribution >= 0.6 is 11.8 Å². The Hall–Kier alpha value is -3.27. The molecule has 1 aromatic heterocycles. The van der Waals surface area contributed by atoms with E-state index in [0.717, 1.165) is 28.7 Å². The highest BCUT2D eigenvalue weighted by molar-refractivity contribution is 7.98. The van der Waals surface area contributed by atoms with E-state index in [1.807, 2.05) is 43.9 Å². The van der Waals surface area contributed by atoms with Gasteiger partial charge in [-0.1, -0.05) is 30.0 Å². The third-order valence-electron chi connectivity index (χ3n) is 6.36. The average Bonchev–Trinajstić information content (AvgIpc) is 2.89. The monoisotopic (exact) mass is 529 g/mol. The molecule has 2 aromatic carbocycles. The van der Waals surface area contributed by atoms with E-state index in [-0.39, 0.29) is 5.91 Å². The third-order valence-corrected chi connectivity index (χ3v) is 7.27. The standard InChI is InChI=1S/C27H30F3N5OS/c1-4-31-25(36)21-8-5-7-20(15-21)17-37-26-32-19(3)18(2)24(33-26)35-13-11-34(12-14-35)23-10-6-9-22(16-23)27(28,29)30/h5-10,15-16H,4,11-14,17H2,1-3H3,(H,31,36). The van der Waals surface area contributed by atoms with Crippen molar-refractivity contribution in [1.29, 1.82) is 0 Å². The number of anilines is 2. The molecule has 1 amide bonds. The van der Waals surface area contributed by atoms with Gasteiger partial charge in [0.1, 0.15) is 5.82 Å². The van der Waals surface area contributed by atoms with Crippen LogP contribution in [-0.2, 0) is 11.9 Å². The van der Waals surface area contributed by atoms with E-state index in [1.165, 1.54) is 23.9 Å². The van der Waals surface area contributed by atoms with Gasteiger partial charge in [0.2, 0.25) is 0 Å². The lowest BCUT2D eigenvalue weighted by Crippen LogP contribution is -2.47. The van der Waals surface area contributed by atoms with Crippen molar-refractivity contribution >= 4 is 29.2 Å². The van der Waals surface area contributed by atoms with Crippen LogP contribution in [0.2, 0.25) is 0 Å². The molecule has 0 radical (unpaired) electrons. The maximum atomic E-state index is 13.1. The molecule has 0 bridgehead atoms. The number of nitrogens with zero attached hydrogens (tertiary/aromatic N) is 4. The van der Waals surface area contributed by atoms with E-state index in [4.69, 9.17) is 4.98 Å². The quantitative estimate of drug-likeness (QED) is 0.323. The Morgan fingerprint density at radius 3 is 2.41 bits per heavy atom. The summed E-state index contributed by atoms with van der Waals surface area (Å²) >= 11 is 1.51. The first-order valence-electron chi connectivity index (χ1n) is 12.2. The summed E-state index contributed by atoms with van der Waals surface area (Å²) in [6.07, 6.45) is -4.36. The van der Waals surface area contributed by atoms with Gasteiger partial charge >= 0.3 is 6.18 Å². The summed E-state index contributed by atoms with van der Waals surface area (Å²) in [5.41, 5.74) is 3.47. The molecule has 0 spiro atoms. The molecule has 4 rings (SSSR count). The number of rotatable bonds is 7. The van der Waals surface area contributed by atoms with Gasteiger partial charge in [-0.2, -0.15) is 13.2 Å². The van der Waals surface area contributed by atoms with Gasteiger partial charge in [-0.05, 0) is 56.7 Å². The van der Waals surface area contributed by atoms with Gasteiger partial charge in [0.15, 0.2) is 5.16 Å². The zero-order valence-corrected chi connectivity index (χ0v) is 21.9. The molecule has 0 saturated carbocycles. The van der Waals surface area contributed by atoms with E-state index < -0.39 is 11.7 Å². The first-order valence-corrected chi connectivity index (χ1v) is 13.2. The van der Waals surface area contributed by atoms with Gasteiger partial charge in [-0.3, -0.25) is 4.79 Å². The van der Waals surface area contributed by atoms with Crippen LogP contribution in [0.5, 0.6) is 0 Å². The minimum Gasteiger partial charge on any atom is -0.368 e. The van der Waals surface area contributed by atoms with Gasteiger partial charge in [-0.25, -0.2) is 9.97 Å². The number of benzene rings is 2. The fourth-order valence-electron chi connectivity index (χ4n) is 4.23. The third kappa shape index (κ3) is 6.54. The summed E-state index contributed by atoms with van der Waals surface area (Å²) < 4.78 is 39.4. The average molecular weight is 530 g/mol. The Morgan fingerprint density at radius 1 is 1.00 bits per heavy atom. The van der Waals surface area contributed by atoms with Crippen molar-refractivity contribution in [1.82, 2.24) is 15.3 Å². The first kappa shape index (κ1) is 26.8. The Balaban J connectivity index is 1.44. The molecule has 0 aliphatic carbocycles. The van der Waals surface area contributed by atoms with Crippen molar-refractivity contribution in [3.8, 4) is 0 Å². The zero-order valence-electron chi connectivity index (χ0n) is 21.1.